The molecule has 8 nitrogen and oxygen atoms in total. The van der Waals surface area contributed by atoms with E-state index in [9.17, 15) is 9.59 Å². The number of carboxylic acids is 1. The van der Waals surface area contributed by atoms with Gasteiger partial charge in [-0.2, -0.15) is 10.1 Å². The highest BCUT2D eigenvalue weighted by Crippen LogP contribution is 2.24. The van der Waals surface area contributed by atoms with Crippen molar-refractivity contribution in [3.05, 3.63) is 40.8 Å². The molecule has 3 aromatic rings. The van der Waals surface area contributed by atoms with Crippen LogP contribution in [0.1, 0.15) is 26.4 Å². The van der Waals surface area contributed by atoms with E-state index in [2.05, 4.69) is 20.4 Å². The number of aromatic carboxylic acids is 1. The van der Waals surface area contributed by atoms with Crippen molar-refractivity contribution in [2.45, 2.75) is 6.92 Å². The fraction of sp³-hybridized carbons (Fsp3) is 0.0833. The number of carbonyl (C=O) groups is 2. The van der Waals surface area contributed by atoms with Crippen molar-refractivity contribution >= 4 is 34.0 Å². The van der Waals surface area contributed by atoms with E-state index in [-0.39, 0.29) is 10.6 Å². The molecular formula is C12H9N5O3S. The third-order valence-corrected chi connectivity index (χ3v) is 3.74. The number of nitrogens with one attached hydrogen (secondary N) is 1. The number of thiophene rings is 1. The molecule has 0 aliphatic rings. The molecule has 0 bridgehead atoms. The van der Waals surface area contributed by atoms with Crippen molar-refractivity contribution in [1.29, 1.82) is 0 Å². The first-order valence-corrected chi connectivity index (χ1v) is 6.73. The van der Waals surface area contributed by atoms with E-state index in [1.807, 2.05) is 0 Å². The molecular weight excluding hydrogens is 294 g/mol. The maximum absolute atomic E-state index is 12.3. The zero-order valence-corrected chi connectivity index (χ0v) is 11.6. The smallest absolute Gasteiger partial charge is 0.338 e. The molecule has 0 fully saturated rings. The van der Waals surface area contributed by atoms with E-state index in [1.54, 1.807) is 12.3 Å². The standard InChI is InChI=1S/C12H9N5O3S/c1-6-8(4-13-12-14-5-15-17(6)12)9(18)16-10-7(11(19)20)2-3-21-10/h2-5H,1H3,(H,16,18)(H,19,20). The topological polar surface area (TPSA) is 109 Å². The maximum Gasteiger partial charge on any atom is 0.338 e. The van der Waals surface area contributed by atoms with Gasteiger partial charge in [-0.25, -0.2) is 14.3 Å². The molecule has 1 amide bonds. The van der Waals surface area contributed by atoms with Gasteiger partial charge in [-0.15, -0.1) is 11.3 Å². The lowest BCUT2D eigenvalue weighted by molar-refractivity contribution is 0.0698. The van der Waals surface area contributed by atoms with Crippen LogP contribution in [0.2, 0.25) is 0 Å². The van der Waals surface area contributed by atoms with Crippen LogP contribution in [0, 0.1) is 6.92 Å². The molecule has 0 aliphatic carbocycles. The van der Waals surface area contributed by atoms with Crippen LogP contribution in [0.15, 0.2) is 24.0 Å². The van der Waals surface area contributed by atoms with Gasteiger partial charge in [-0.05, 0) is 18.4 Å². The number of nitrogens with zero attached hydrogens (tertiary/aromatic N) is 4. The molecule has 0 aliphatic heterocycles. The zero-order valence-electron chi connectivity index (χ0n) is 10.8. The number of aryl methyl sites for hydroxylation is 1. The third kappa shape index (κ3) is 2.23. The summed E-state index contributed by atoms with van der Waals surface area (Å²) in [5.74, 6) is -1.14. The minimum Gasteiger partial charge on any atom is -0.478 e. The fourth-order valence-corrected chi connectivity index (χ4v) is 2.63. The number of carbonyl (C=O) groups excluding carboxylic acids is 1. The number of fused-ring (bicyclic) bond motifs is 1. The molecule has 0 saturated heterocycles. The van der Waals surface area contributed by atoms with E-state index in [1.165, 1.54) is 23.1 Å². The van der Waals surface area contributed by atoms with Crippen molar-refractivity contribution in [2.24, 2.45) is 0 Å². The fourth-order valence-electron chi connectivity index (χ4n) is 1.86. The lowest BCUT2D eigenvalue weighted by atomic mass is 10.2. The monoisotopic (exact) mass is 303 g/mol. The van der Waals surface area contributed by atoms with Gasteiger partial charge in [0.15, 0.2) is 0 Å². The van der Waals surface area contributed by atoms with Gasteiger partial charge in [0.2, 0.25) is 0 Å². The highest BCUT2D eigenvalue weighted by atomic mass is 32.1. The summed E-state index contributed by atoms with van der Waals surface area (Å²) >= 11 is 1.14. The normalized spacial score (nSPS) is 10.7. The van der Waals surface area contributed by atoms with E-state index < -0.39 is 11.9 Å². The van der Waals surface area contributed by atoms with Gasteiger partial charge in [-0.3, -0.25) is 4.79 Å². The Morgan fingerprint density at radius 2 is 2.14 bits per heavy atom. The number of anilines is 1. The van der Waals surface area contributed by atoms with Gasteiger partial charge in [-0.1, -0.05) is 0 Å². The Hall–Kier alpha value is -2.81. The Morgan fingerprint density at radius 3 is 2.90 bits per heavy atom. The van der Waals surface area contributed by atoms with E-state index in [0.29, 0.717) is 17.0 Å². The maximum atomic E-state index is 12.3. The predicted octanol–water partition coefficient (Wildman–Crippen LogP) is 1.44. The number of carboxylic acid groups (broad SMARTS) is 1. The van der Waals surface area contributed by atoms with Crippen LogP contribution in [0.5, 0.6) is 0 Å². The van der Waals surface area contributed by atoms with Gasteiger partial charge in [0.05, 0.1) is 16.8 Å². The first-order valence-electron chi connectivity index (χ1n) is 5.85. The van der Waals surface area contributed by atoms with Gasteiger partial charge in [0.1, 0.15) is 11.3 Å². The molecule has 0 saturated carbocycles. The molecule has 3 rings (SSSR count). The molecule has 3 heterocycles. The number of rotatable bonds is 3. The Balaban J connectivity index is 1.95. The quantitative estimate of drug-likeness (QED) is 0.757. The molecule has 3 aromatic heterocycles. The number of amides is 1. The molecule has 106 valence electrons. The van der Waals surface area contributed by atoms with Crippen molar-refractivity contribution in [1.82, 2.24) is 19.6 Å². The molecule has 0 radical (unpaired) electrons. The molecule has 0 aromatic carbocycles. The minimum absolute atomic E-state index is 0.0563. The first kappa shape index (κ1) is 13.2. The Labute approximate surface area is 122 Å². The third-order valence-electron chi connectivity index (χ3n) is 2.91. The summed E-state index contributed by atoms with van der Waals surface area (Å²) in [4.78, 5) is 31.3. The van der Waals surface area contributed by atoms with Crippen LogP contribution in [-0.4, -0.2) is 36.6 Å². The average molecular weight is 303 g/mol. The van der Waals surface area contributed by atoms with Crippen LogP contribution in [0.4, 0.5) is 5.00 Å². The number of hydrogen-bond donors (Lipinski definition) is 2. The Kier molecular flexibility index (Phi) is 3.10. The van der Waals surface area contributed by atoms with Crippen molar-refractivity contribution in [2.75, 3.05) is 5.32 Å². The molecule has 0 spiro atoms. The van der Waals surface area contributed by atoms with E-state index in [0.717, 1.165) is 11.3 Å². The molecule has 21 heavy (non-hydrogen) atoms. The second-order valence-electron chi connectivity index (χ2n) is 4.15. The Morgan fingerprint density at radius 1 is 1.33 bits per heavy atom. The van der Waals surface area contributed by atoms with Gasteiger partial charge >= 0.3 is 5.97 Å². The van der Waals surface area contributed by atoms with Gasteiger partial charge < -0.3 is 10.4 Å². The van der Waals surface area contributed by atoms with Crippen molar-refractivity contribution in [3.63, 3.8) is 0 Å². The first-order chi connectivity index (χ1) is 10.1. The summed E-state index contributed by atoms with van der Waals surface area (Å²) in [6.07, 6.45) is 2.74. The highest BCUT2D eigenvalue weighted by molar-refractivity contribution is 7.14. The summed E-state index contributed by atoms with van der Waals surface area (Å²) in [7, 11) is 0. The molecule has 9 heteroatoms. The Bertz CT molecular complexity index is 854. The molecule has 0 unspecified atom stereocenters. The summed E-state index contributed by atoms with van der Waals surface area (Å²) in [6.45, 7) is 1.71. The highest BCUT2D eigenvalue weighted by Gasteiger charge is 2.18. The number of hydrogen-bond acceptors (Lipinski definition) is 6. The van der Waals surface area contributed by atoms with Gasteiger partial charge in [0, 0.05) is 6.20 Å². The van der Waals surface area contributed by atoms with Crippen LogP contribution in [0.25, 0.3) is 5.78 Å². The molecule has 0 atom stereocenters. The van der Waals surface area contributed by atoms with Crippen LogP contribution < -0.4 is 5.32 Å². The van der Waals surface area contributed by atoms with Crippen LogP contribution in [0.3, 0.4) is 0 Å². The predicted molar refractivity (Wildman–Crippen MR) is 74.8 cm³/mol. The van der Waals surface area contributed by atoms with Crippen molar-refractivity contribution in [3.8, 4) is 0 Å². The van der Waals surface area contributed by atoms with Gasteiger partial charge in [0.25, 0.3) is 11.7 Å². The lowest BCUT2D eigenvalue weighted by Gasteiger charge is -2.07. The minimum atomic E-state index is -1.09. The summed E-state index contributed by atoms with van der Waals surface area (Å²) in [5, 5.41) is 17.5. The second kappa shape index (κ2) is 4.94. The summed E-state index contributed by atoms with van der Waals surface area (Å²) < 4.78 is 1.45. The number of aromatic nitrogens is 4. The summed E-state index contributed by atoms with van der Waals surface area (Å²) in [5.41, 5.74) is 0.932. The average Bonchev–Trinajstić information content (AvgIpc) is 3.07. The van der Waals surface area contributed by atoms with E-state index >= 15 is 0 Å². The summed E-state index contributed by atoms with van der Waals surface area (Å²) in [6, 6.07) is 1.44. The van der Waals surface area contributed by atoms with Crippen molar-refractivity contribution < 1.29 is 14.7 Å². The van der Waals surface area contributed by atoms with Crippen LogP contribution in [-0.2, 0) is 0 Å². The molecule has 2 N–H and O–H groups in total. The SMILES string of the molecule is Cc1c(C(=O)Nc2sccc2C(=O)O)cnc2ncnn12. The van der Waals surface area contributed by atoms with Crippen LogP contribution >= 0.6 is 11.3 Å². The second-order valence-corrected chi connectivity index (χ2v) is 5.07. The largest absolute Gasteiger partial charge is 0.478 e. The van der Waals surface area contributed by atoms with E-state index in [4.69, 9.17) is 5.11 Å². The zero-order chi connectivity index (χ0) is 15.0. The lowest BCUT2D eigenvalue weighted by Crippen LogP contribution is -2.17.